The highest BCUT2D eigenvalue weighted by molar-refractivity contribution is 6.32. The first-order chi connectivity index (χ1) is 9.63. The average Bonchev–Trinajstić information content (AvgIpc) is 2.46. The van der Waals surface area contributed by atoms with E-state index in [4.69, 9.17) is 21.6 Å². The Bertz CT molecular complexity index is 667. The molecule has 102 valence electrons. The van der Waals surface area contributed by atoms with E-state index in [0.717, 1.165) is 5.69 Å². The first kappa shape index (κ1) is 14.2. The van der Waals surface area contributed by atoms with E-state index in [-0.39, 0.29) is 5.82 Å². The highest BCUT2D eigenvalue weighted by atomic mass is 35.5. The minimum Gasteiger partial charge on any atom is -0.495 e. The zero-order valence-electron chi connectivity index (χ0n) is 10.8. The Kier molecular flexibility index (Phi) is 4.44. The summed E-state index contributed by atoms with van der Waals surface area (Å²) in [6.45, 7) is 0.339. The molecule has 5 heteroatoms. The molecule has 0 spiro atoms. The van der Waals surface area contributed by atoms with E-state index in [1.807, 2.05) is 6.07 Å². The van der Waals surface area contributed by atoms with Crippen molar-refractivity contribution in [2.24, 2.45) is 0 Å². The lowest BCUT2D eigenvalue weighted by Crippen LogP contribution is -2.02. The molecule has 0 aliphatic carbocycles. The second-order valence-electron chi connectivity index (χ2n) is 4.12. The van der Waals surface area contributed by atoms with Gasteiger partial charge in [-0.3, -0.25) is 0 Å². The average molecular weight is 291 g/mol. The van der Waals surface area contributed by atoms with E-state index in [2.05, 4.69) is 5.32 Å². The molecular formula is C15H12ClFN2O. The number of hydrogen-bond acceptors (Lipinski definition) is 3. The molecule has 0 aromatic heterocycles. The molecule has 0 aliphatic rings. The van der Waals surface area contributed by atoms with Gasteiger partial charge in [0.05, 0.1) is 23.8 Å². The third kappa shape index (κ3) is 3.19. The predicted molar refractivity (Wildman–Crippen MR) is 76.4 cm³/mol. The molecule has 2 rings (SSSR count). The molecule has 3 nitrogen and oxygen atoms in total. The summed E-state index contributed by atoms with van der Waals surface area (Å²) in [7, 11) is 1.53. The molecule has 0 fully saturated rings. The zero-order chi connectivity index (χ0) is 14.5. The SMILES string of the molecule is COc1cc(NCc2cc(F)ccc2C#N)ccc1Cl. The Morgan fingerprint density at radius 2 is 2.10 bits per heavy atom. The van der Waals surface area contributed by atoms with Gasteiger partial charge in [-0.05, 0) is 35.9 Å². The minimum atomic E-state index is -0.366. The van der Waals surface area contributed by atoms with Crippen molar-refractivity contribution in [1.29, 1.82) is 5.26 Å². The van der Waals surface area contributed by atoms with Crippen LogP contribution in [0.15, 0.2) is 36.4 Å². The van der Waals surface area contributed by atoms with Crippen LogP contribution in [-0.4, -0.2) is 7.11 Å². The molecule has 0 saturated heterocycles. The maximum atomic E-state index is 13.2. The Morgan fingerprint density at radius 3 is 2.80 bits per heavy atom. The van der Waals surface area contributed by atoms with Crippen LogP contribution in [0.4, 0.5) is 10.1 Å². The number of nitrogens with one attached hydrogen (secondary N) is 1. The smallest absolute Gasteiger partial charge is 0.139 e. The van der Waals surface area contributed by atoms with Gasteiger partial charge in [0, 0.05) is 18.3 Å². The normalized spacial score (nSPS) is 9.90. The van der Waals surface area contributed by atoms with Crippen molar-refractivity contribution in [3.8, 4) is 11.8 Å². The van der Waals surface area contributed by atoms with Crippen LogP contribution < -0.4 is 10.1 Å². The monoisotopic (exact) mass is 290 g/mol. The largest absolute Gasteiger partial charge is 0.495 e. The van der Waals surface area contributed by atoms with Gasteiger partial charge in [0.25, 0.3) is 0 Å². The molecule has 0 saturated carbocycles. The first-order valence-electron chi connectivity index (χ1n) is 5.90. The summed E-state index contributed by atoms with van der Waals surface area (Å²) >= 11 is 5.94. The van der Waals surface area contributed by atoms with E-state index in [9.17, 15) is 4.39 Å². The fourth-order valence-electron chi connectivity index (χ4n) is 1.78. The summed E-state index contributed by atoms with van der Waals surface area (Å²) in [5.74, 6) is 0.186. The molecule has 2 aromatic rings. The molecule has 0 aliphatic heterocycles. The van der Waals surface area contributed by atoms with Crippen molar-refractivity contribution in [1.82, 2.24) is 0 Å². The van der Waals surface area contributed by atoms with E-state index in [0.29, 0.717) is 28.4 Å². The molecule has 1 N–H and O–H groups in total. The summed E-state index contributed by atoms with van der Waals surface area (Å²) < 4.78 is 18.3. The van der Waals surface area contributed by atoms with Crippen molar-refractivity contribution >= 4 is 17.3 Å². The Balaban J connectivity index is 2.17. The van der Waals surface area contributed by atoms with Gasteiger partial charge in [-0.15, -0.1) is 0 Å². The first-order valence-corrected chi connectivity index (χ1v) is 6.28. The summed E-state index contributed by atoms with van der Waals surface area (Å²) in [6, 6.07) is 11.4. The van der Waals surface area contributed by atoms with Crippen LogP contribution in [0.2, 0.25) is 5.02 Å². The molecule has 2 aromatic carbocycles. The number of methoxy groups -OCH3 is 1. The minimum absolute atomic E-state index is 0.339. The van der Waals surface area contributed by atoms with Crippen LogP contribution in [0.25, 0.3) is 0 Å². The summed E-state index contributed by atoms with van der Waals surface area (Å²) in [4.78, 5) is 0. The van der Waals surface area contributed by atoms with Gasteiger partial charge in [0.15, 0.2) is 0 Å². The second-order valence-corrected chi connectivity index (χ2v) is 4.52. The number of anilines is 1. The lowest BCUT2D eigenvalue weighted by Gasteiger charge is -2.10. The quantitative estimate of drug-likeness (QED) is 0.926. The number of benzene rings is 2. The number of halogens is 2. The van der Waals surface area contributed by atoms with Crippen molar-refractivity contribution in [2.45, 2.75) is 6.54 Å². The summed E-state index contributed by atoms with van der Waals surface area (Å²) in [6.07, 6.45) is 0. The van der Waals surface area contributed by atoms with Gasteiger partial charge in [-0.25, -0.2) is 4.39 Å². The fourth-order valence-corrected chi connectivity index (χ4v) is 1.98. The third-order valence-electron chi connectivity index (χ3n) is 2.82. The molecule has 0 bridgehead atoms. The number of nitriles is 1. The van der Waals surface area contributed by atoms with Crippen LogP contribution in [0, 0.1) is 17.1 Å². The highest BCUT2D eigenvalue weighted by Crippen LogP contribution is 2.27. The molecular weight excluding hydrogens is 279 g/mol. The van der Waals surface area contributed by atoms with Crippen molar-refractivity contribution in [3.05, 3.63) is 58.4 Å². The standard InChI is InChI=1S/C15H12ClFN2O/c1-20-15-7-13(4-5-14(15)16)19-9-11-6-12(17)3-2-10(11)8-18/h2-7,19H,9H2,1H3. The number of nitrogens with zero attached hydrogens (tertiary/aromatic N) is 1. The highest BCUT2D eigenvalue weighted by Gasteiger charge is 2.05. The third-order valence-corrected chi connectivity index (χ3v) is 3.13. The van der Waals surface area contributed by atoms with E-state index in [1.165, 1.54) is 25.3 Å². The van der Waals surface area contributed by atoms with Crippen molar-refractivity contribution < 1.29 is 9.13 Å². The van der Waals surface area contributed by atoms with E-state index in [1.54, 1.807) is 18.2 Å². The lowest BCUT2D eigenvalue weighted by molar-refractivity contribution is 0.415. The van der Waals surface area contributed by atoms with Crippen molar-refractivity contribution in [2.75, 3.05) is 12.4 Å². The van der Waals surface area contributed by atoms with Crippen LogP contribution in [0.1, 0.15) is 11.1 Å². The van der Waals surface area contributed by atoms with Gasteiger partial charge in [-0.1, -0.05) is 11.6 Å². The van der Waals surface area contributed by atoms with Crippen LogP contribution in [0.3, 0.4) is 0 Å². The van der Waals surface area contributed by atoms with E-state index >= 15 is 0 Å². The second kappa shape index (κ2) is 6.27. The van der Waals surface area contributed by atoms with Crippen molar-refractivity contribution in [3.63, 3.8) is 0 Å². The fraction of sp³-hybridized carbons (Fsp3) is 0.133. The Hall–Kier alpha value is -2.25. The topological polar surface area (TPSA) is 45.0 Å². The Morgan fingerprint density at radius 1 is 1.30 bits per heavy atom. The number of hydrogen-bond donors (Lipinski definition) is 1. The molecule has 0 amide bonds. The predicted octanol–water partition coefficient (Wildman–Crippen LogP) is 3.97. The van der Waals surface area contributed by atoms with Gasteiger partial charge >= 0.3 is 0 Å². The maximum Gasteiger partial charge on any atom is 0.139 e. The number of rotatable bonds is 4. The molecule has 0 unspecified atom stereocenters. The van der Waals surface area contributed by atoms with Crippen LogP contribution in [-0.2, 0) is 6.54 Å². The number of ether oxygens (including phenoxy) is 1. The van der Waals surface area contributed by atoms with Crippen LogP contribution in [0.5, 0.6) is 5.75 Å². The molecule has 0 radical (unpaired) electrons. The molecule has 20 heavy (non-hydrogen) atoms. The van der Waals surface area contributed by atoms with Crippen LogP contribution >= 0.6 is 11.6 Å². The van der Waals surface area contributed by atoms with Gasteiger partial charge in [0.2, 0.25) is 0 Å². The maximum absolute atomic E-state index is 13.2. The molecule has 0 heterocycles. The summed E-state index contributed by atoms with van der Waals surface area (Å²) in [5.41, 5.74) is 1.82. The Labute approximate surface area is 121 Å². The van der Waals surface area contributed by atoms with Gasteiger partial charge < -0.3 is 10.1 Å². The van der Waals surface area contributed by atoms with E-state index < -0.39 is 0 Å². The zero-order valence-corrected chi connectivity index (χ0v) is 11.5. The van der Waals surface area contributed by atoms with Gasteiger partial charge in [-0.2, -0.15) is 5.26 Å². The lowest BCUT2D eigenvalue weighted by atomic mass is 10.1. The molecule has 0 atom stereocenters. The summed E-state index contributed by atoms with van der Waals surface area (Å²) in [5, 5.41) is 12.6. The van der Waals surface area contributed by atoms with Gasteiger partial charge in [0.1, 0.15) is 11.6 Å².